The van der Waals surface area contributed by atoms with Gasteiger partial charge >= 0.3 is 0 Å². The number of ether oxygens (including phenoxy) is 1. The van der Waals surface area contributed by atoms with Gasteiger partial charge in [-0.15, -0.1) is 0 Å². The van der Waals surface area contributed by atoms with Gasteiger partial charge in [-0.1, -0.05) is 24.6 Å². The maximum atomic E-state index is 13.4. The number of amides is 1. The number of pyridine rings is 1. The Bertz CT molecular complexity index is 1110. The van der Waals surface area contributed by atoms with E-state index in [4.69, 9.17) is 16.3 Å². The smallest absolute Gasteiger partial charge is 0.274 e. The average Bonchev–Trinajstić information content (AvgIpc) is 3.33. The first-order chi connectivity index (χ1) is 13.8. The van der Waals surface area contributed by atoms with Gasteiger partial charge < -0.3 is 19.3 Å². The zero-order valence-electron chi connectivity index (χ0n) is 15.9. The minimum Gasteiger partial charge on any atom is -0.503 e. The number of fused-ring (bicyclic) bond motifs is 4. The highest BCUT2D eigenvalue weighted by molar-refractivity contribution is 6.30. The molecule has 8 heteroatoms. The molecule has 2 aliphatic heterocycles. The number of hydrogen-bond acceptors (Lipinski definition) is 4. The van der Waals surface area contributed by atoms with Crippen molar-refractivity contribution >= 4 is 17.5 Å². The number of carbonyl (C=O) groups excluding carboxylic acids is 1. The highest BCUT2D eigenvalue weighted by atomic mass is 35.5. The second-order valence-corrected chi connectivity index (χ2v) is 8.64. The molecular formula is C21H20ClFN2O4. The van der Waals surface area contributed by atoms with Crippen LogP contribution < -0.4 is 5.43 Å². The maximum absolute atomic E-state index is 13.4. The second kappa shape index (κ2) is 6.31. The topological polar surface area (TPSA) is 71.8 Å². The third-order valence-corrected chi connectivity index (χ3v) is 6.83. The number of nitrogens with zero attached hydrogens (tertiary/aromatic N) is 2. The van der Waals surface area contributed by atoms with E-state index in [1.807, 2.05) is 0 Å². The van der Waals surface area contributed by atoms with Crippen LogP contribution in [-0.2, 0) is 29.8 Å². The first-order valence-electron chi connectivity index (χ1n) is 9.63. The summed E-state index contributed by atoms with van der Waals surface area (Å²) < 4.78 is 20.9. The van der Waals surface area contributed by atoms with Crippen LogP contribution in [0.1, 0.15) is 40.7 Å². The van der Waals surface area contributed by atoms with Crippen molar-refractivity contribution in [3.63, 3.8) is 0 Å². The van der Waals surface area contributed by atoms with E-state index in [0.717, 1.165) is 6.42 Å². The summed E-state index contributed by atoms with van der Waals surface area (Å²) in [5, 5.41) is 10.7. The minimum absolute atomic E-state index is 0.00200. The molecule has 29 heavy (non-hydrogen) atoms. The summed E-state index contributed by atoms with van der Waals surface area (Å²) in [6, 6.07) is 4.30. The van der Waals surface area contributed by atoms with Gasteiger partial charge in [0, 0.05) is 30.6 Å². The Morgan fingerprint density at radius 1 is 1.34 bits per heavy atom. The van der Waals surface area contributed by atoms with Crippen molar-refractivity contribution in [2.45, 2.75) is 38.5 Å². The molecule has 3 heterocycles. The van der Waals surface area contributed by atoms with Crippen LogP contribution >= 0.6 is 11.6 Å². The molecule has 0 saturated heterocycles. The van der Waals surface area contributed by atoms with E-state index < -0.39 is 22.9 Å². The number of hydrogen-bond donors (Lipinski definition) is 1. The minimum atomic E-state index is -0.523. The molecule has 6 nitrogen and oxygen atoms in total. The van der Waals surface area contributed by atoms with E-state index >= 15 is 0 Å². The molecule has 1 aliphatic carbocycles. The molecule has 3 aliphatic rings. The van der Waals surface area contributed by atoms with Crippen molar-refractivity contribution in [1.29, 1.82) is 0 Å². The zero-order chi connectivity index (χ0) is 20.5. The monoisotopic (exact) mass is 418 g/mol. The third-order valence-electron chi connectivity index (χ3n) is 6.54. The van der Waals surface area contributed by atoms with Crippen LogP contribution in [0.4, 0.5) is 4.39 Å². The van der Waals surface area contributed by atoms with Crippen molar-refractivity contribution in [1.82, 2.24) is 9.47 Å². The molecule has 5 rings (SSSR count). The lowest BCUT2D eigenvalue weighted by Gasteiger charge is -2.35. The molecule has 2 atom stereocenters. The molecule has 0 radical (unpaired) electrons. The van der Waals surface area contributed by atoms with Crippen LogP contribution in [0, 0.1) is 11.7 Å². The van der Waals surface area contributed by atoms with Crippen molar-refractivity contribution in [2.24, 2.45) is 5.92 Å². The predicted octanol–water partition coefficient (Wildman–Crippen LogP) is 2.81. The van der Waals surface area contributed by atoms with E-state index in [-0.39, 0.29) is 29.3 Å². The summed E-state index contributed by atoms with van der Waals surface area (Å²) in [5.41, 5.74) is 1.20. The fourth-order valence-corrected chi connectivity index (χ4v) is 5.01. The van der Waals surface area contributed by atoms with E-state index in [9.17, 15) is 19.1 Å². The second-order valence-electron chi connectivity index (χ2n) is 8.23. The summed E-state index contributed by atoms with van der Waals surface area (Å²) in [7, 11) is 0. The van der Waals surface area contributed by atoms with Crippen LogP contribution in [0.5, 0.6) is 5.75 Å². The standard InChI is InChI=1S/C21H20ClFN2O4/c1-11-7-21(11)10-29-9-15-16(21)18(26)19(27)17-20(28)24(4-5-25(15)17)8-12-2-3-14(23)13(22)6-12/h2-3,6,11,27H,4-5,7-10H2,1H3. The Morgan fingerprint density at radius 2 is 2.10 bits per heavy atom. The number of halogens is 2. The molecule has 2 aromatic rings. The van der Waals surface area contributed by atoms with E-state index in [1.165, 1.54) is 17.0 Å². The van der Waals surface area contributed by atoms with Gasteiger partial charge in [0.2, 0.25) is 5.43 Å². The van der Waals surface area contributed by atoms with E-state index in [0.29, 0.717) is 42.4 Å². The van der Waals surface area contributed by atoms with Crippen LogP contribution in [-0.4, -0.2) is 33.6 Å². The lowest BCUT2D eigenvalue weighted by Crippen LogP contribution is -2.45. The molecule has 1 saturated carbocycles. The van der Waals surface area contributed by atoms with Crippen LogP contribution in [0.3, 0.4) is 0 Å². The highest BCUT2D eigenvalue weighted by Crippen LogP contribution is 2.56. The highest BCUT2D eigenvalue weighted by Gasteiger charge is 2.57. The number of benzene rings is 1. The van der Waals surface area contributed by atoms with Gasteiger partial charge in [0.05, 0.1) is 23.9 Å². The van der Waals surface area contributed by atoms with E-state index in [2.05, 4.69) is 6.92 Å². The van der Waals surface area contributed by atoms with Gasteiger partial charge in [-0.25, -0.2) is 4.39 Å². The fourth-order valence-electron chi connectivity index (χ4n) is 4.80. The van der Waals surface area contributed by atoms with Gasteiger partial charge in [0.1, 0.15) is 5.82 Å². The summed E-state index contributed by atoms with van der Waals surface area (Å²) in [4.78, 5) is 27.7. The lowest BCUT2D eigenvalue weighted by molar-refractivity contribution is 0.0605. The SMILES string of the molecule is CC1CC12COCc1c2c(=O)c(O)c2n1CCN(Cc1ccc(F)c(Cl)c1)C2=O. The van der Waals surface area contributed by atoms with Crippen molar-refractivity contribution < 1.29 is 19.0 Å². The Morgan fingerprint density at radius 3 is 2.79 bits per heavy atom. The number of aromatic nitrogens is 1. The first kappa shape index (κ1) is 18.6. The van der Waals surface area contributed by atoms with Crippen molar-refractivity contribution in [3.05, 3.63) is 61.8 Å². The normalized spacial score (nSPS) is 25.1. The van der Waals surface area contributed by atoms with Gasteiger partial charge in [-0.05, 0) is 30.0 Å². The number of rotatable bonds is 2. The Balaban J connectivity index is 1.55. The van der Waals surface area contributed by atoms with Gasteiger partial charge in [-0.3, -0.25) is 9.59 Å². The molecule has 0 bridgehead atoms. The molecular weight excluding hydrogens is 399 g/mol. The van der Waals surface area contributed by atoms with Gasteiger partial charge in [0.15, 0.2) is 11.4 Å². The summed E-state index contributed by atoms with van der Waals surface area (Å²) in [6.07, 6.45) is 0.847. The fraction of sp³-hybridized carbons (Fsp3) is 0.429. The summed E-state index contributed by atoms with van der Waals surface area (Å²) in [6.45, 7) is 3.85. The molecule has 1 N–H and O–H groups in total. The predicted molar refractivity (Wildman–Crippen MR) is 104 cm³/mol. The van der Waals surface area contributed by atoms with Gasteiger partial charge in [0.25, 0.3) is 5.91 Å². The molecule has 152 valence electrons. The van der Waals surface area contributed by atoms with Crippen molar-refractivity contribution in [3.8, 4) is 5.75 Å². The van der Waals surface area contributed by atoms with Crippen LogP contribution in [0.2, 0.25) is 5.02 Å². The first-order valence-corrected chi connectivity index (χ1v) is 10.0. The quantitative estimate of drug-likeness (QED) is 0.814. The number of carbonyl (C=O) groups is 1. The number of aromatic hydroxyl groups is 1. The Kier molecular flexibility index (Phi) is 4.05. The van der Waals surface area contributed by atoms with E-state index in [1.54, 1.807) is 10.6 Å². The zero-order valence-corrected chi connectivity index (χ0v) is 16.6. The molecule has 1 spiro atoms. The third kappa shape index (κ3) is 2.64. The average molecular weight is 419 g/mol. The molecule has 2 unspecified atom stereocenters. The van der Waals surface area contributed by atoms with Crippen LogP contribution in [0.15, 0.2) is 23.0 Å². The van der Waals surface area contributed by atoms with Crippen molar-refractivity contribution in [2.75, 3.05) is 13.2 Å². The lowest BCUT2D eigenvalue weighted by atomic mass is 9.89. The Hall–Kier alpha value is -2.38. The maximum Gasteiger partial charge on any atom is 0.274 e. The molecule has 1 amide bonds. The van der Waals surface area contributed by atoms with Crippen LogP contribution in [0.25, 0.3) is 0 Å². The molecule has 1 aromatic carbocycles. The van der Waals surface area contributed by atoms with Gasteiger partial charge in [-0.2, -0.15) is 0 Å². The summed E-state index contributed by atoms with van der Waals surface area (Å²) in [5.74, 6) is -1.13. The summed E-state index contributed by atoms with van der Waals surface area (Å²) >= 11 is 5.84. The molecule has 1 aromatic heterocycles. The Labute approximate surface area is 171 Å². The molecule has 1 fully saturated rings. The largest absolute Gasteiger partial charge is 0.503 e.